The average Bonchev–Trinajstić information content (AvgIpc) is 2.70. The van der Waals surface area contributed by atoms with E-state index in [1.807, 2.05) is 27.8 Å². The van der Waals surface area contributed by atoms with Crippen LogP contribution in [-0.4, -0.2) is 73.5 Å². The van der Waals surface area contributed by atoms with Gasteiger partial charge in [0.2, 0.25) is 11.8 Å². The molecule has 1 aliphatic heterocycles. The Labute approximate surface area is 195 Å². The van der Waals surface area contributed by atoms with Crippen molar-refractivity contribution in [2.24, 2.45) is 11.3 Å². The number of piperidine rings is 1. The first kappa shape index (κ1) is 30.1. The molecule has 32 heavy (non-hydrogen) atoms. The van der Waals surface area contributed by atoms with Gasteiger partial charge in [0.1, 0.15) is 6.04 Å². The quantitative estimate of drug-likeness (QED) is 0.470. The van der Waals surface area contributed by atoms with Crippen molar-refractivity contribution < 1.29 is 19.1 Å². The van der Waals surface area contributed by atoms with Crippen LogP contribution in [0.15, 0.2) is 11.6 Å². The molecule has 0 radical (unpaired) electrons. The Balaban J connectivity index is 0.00000302. The van der Waals surface area contributed by atoms with Gasteiger partial charge in [-0.15, -0.1) is 0 Å². The minimum Gasteiger partial charge on any atom is -0.463 e. The normalized spacial score (nSPS) is 20.5. The molecule has 0 aliphatic carbocycles. The van der Waals surface area contributed by atoms with Crippen molar-refractivity contribution in [3.63, 3.8) is 0 Å². The Bertz CT molecular complexity index is 640. The molecule has 1 rings (SSSR count). The average molecular weight is 454 g/mol. The molecule has 3 atom stereocenters. The topological polar surface area (TPSA) is 79.0 Å². The van der Waals surface area contributed by atoms with Gasteiger partial charge in [-0.3, -0.25) is 14.5 Å². The number of hydrogen-bond acceptors (Lipinski definition) is 5. The van der Waals surface area contributed by atoms with Crippen molar-refractivity contribution in [2.75, 3.05) is 33.8 Å². The van der Waals surface area contributed by atoms with Crippen molar-refractivity contribution in [1.82, 2.24) is 15.1 Å². The number of esters is 1. The third kappa shape index (κ3) is 10.2. The molecule has 186 valence electrons. The molecule has 1 saturated heterocycles. The number of ether oxygens (including phenoxy) is 1. The summed E-state index contributed by atoms with van der Waals surface area (Å²) >= 11 is 0. The second-order valence-corrected chi connectivity index (χ2v) is 9.97. The molecule has 1 fully saturated rings. The van der Waals surface area contributed by atoms with Crippen molar-refractivity contribution in [3.8, 4) is 0 Å². The van der Waals surface area contributed by atoms with Crippen molar-refractivity contribution in [2.45, 2.75) is 86.7 Å². The van der Waals surface area contributed by atoms with Crippen LogP contribution in [0.3, 0.4) is 0 Å². The number of likely N-dealkylation sites (tertiary alicyclic amines) is 1. The minimum absolute atomic E-state index is 0.0982. The lowest BCUT2D eigenvalue weighted by atomic mass is 9.85. The molecule has 7 nitrogen and oxygen atoms in total. The van der Waals surface area contributed by atoms with Crippen LogP contribution < -0.4 is 5.32 Å². The van der Waals surface area contributed by atoms with Crippen LogP contribution >= 0.6 is 0 Å². The molecule has 0 aromatic rings. The number of carbonyl (C=O) groups is 3. The SMILES string of the molecule is CCC.CCOC(=O)/C(C)=C/CN(C)C(=O)C(NC(=O)C1CC(C)CCN1C)C(C)(C)C. The number of likely N-dealkylation sites (N-methyl/N-ethyl adjacent to an activating group) is 2. The maximum absolute atomic E-state index is 13.1. The van der Waals surface area contributed by atoms with E-state index in [0.717, 1.165) is 19.4 Å². The van der Waals surface area contributed by atoms with Crippen LogP contribution in [0, 0.1) is 11.3 Å². The largest absolute Gasteiger partial charge is 0.463 e. The predicted octanol–water partition coefficient (Wildman–Crippen LogP) is 3.63. The predicted molar refractivity (Wildman–Crippen MR) is 130 cm³/mol. The van der Waals surface area contributed by atoms with Crippen LogP contribution in [0.25, 0.3) is 0 Å². The summed E-state index contributed by atoms with van der Waals surface area (Å²) in [5.41, 5.74) is 0.0143. The first-order chi connectivity index (χ1) is 14.8. The van der Waals surface area contributed by atoms with E-state index in [2.05, 4.69) is 31.0 Å². The second-order valence-electron chi connectivity index (χ2n) is 9.97. The molecule has 3 unspecified atom stereocenters. The lowest BCUT2D eigenvalue weighted by Gasteiger charge is -2.38. The van der Waals surface area contributed by atoms with Crippen LogP contribution in [0.2, 0.25) is 0 Å². The summed E-state index contributed by atoms with van der Waals surface area (Å²) in [5.74, 6) is -0.169. The first-order valence-electron chi connectivity index (χ1n) is 11.9. The number of nitrogens with one attached hydrogen (secondary N) is 1. The van der Waals surface area contributed by atoms with E-state index >= 15 is 0 Å². The summed E-state index contributed by atoms with van der Waals surface area (Å²) in [7, 11) is 3.64. The summed E-state index contributed by atoms with van der Waals surface area (Å²) < 4.78 is 4.96. The molecule has 1 aliphatic rings. The van der Waals surface area contributed by atoms with Crippen LogP contribution in [-0.2, 0) is 19.1 Å². The standard InChI is InChI=1S/C22H39N3O4.C3H8/c1-9-29-21(28)16(3)11-13-25(8)20(27)18(22(4,5)6)23-19(26)17-14-15(2)10-12-24(17)7;1-3-2/h11,15,17-18H,9-10,12-14H2,1-8H3,(H,23,26);3H2,1-2H3/b16-11+;. The summed E-state index contributed by atoms with van der Waals surface area (Å²) in [6.07, 6.45) is 4.80. The number of rotatable bonds is 7. The van der Waals surface area contributed by atoms with E-state index in [0.29, 0.717) is 18.1 Å². The highest BCUT2D eigenvalue weighted by Crippen LogP contribution is 2.24. The van der Waals surface area contributed by atoms with E-state index in [1.54, 1.807) is 27.0 Å². The van der Waals surface area contributed by atoms with E-state index < -0.39 is 11.5 Å². The maximum atomic E-state index is 13.1. The highest BCUT2D eigenvalue weighted by molar-refractivity contribution is 5.91. The van der Waals surface area contributed by atoms with Crippen LogP contribution in [0.5, 0.6) is 0 Å². The van der Waals surface area contributed by atoms with Gasteiger partial charge in [0, 0.05) is 19.2 Å². The molecule has 1 N–H and O–H groups in total. The molecule has 2 amide bonds. The molecule has 1 heterocycles. The Kier molecular flexibility index (Phi) is 13.5. The summed E-state index contributed by atoms with van der Waals surface area (Å²) in [5, 5.41) is 3.00. The Morgan fingerprint density at radius 1 is 1.22 bits per heavy atom. The molecule has 0 bridgehead atoms. The number of hydrogen-bond donors (Lipinski definition) is 1. The summed E-state index contributed by atoms with van der Waals surface area (Å²) in [4.78, 5) is 41.4. The smallest absolute Gasteiger partial charge is 0.333 e. The molecular formula is C25H47N3O4. The van der Waals surface area contributed by atoms with Crippen LogP contribution in [0.4, 0.5) is 0 Å². The third-order valence-corrected chi connectivity index (χ3v) is 5.48. The Morgan fingerprint density at radius 3 is 2.28 bits per heavy atom. The summed E-state index contributed by atoms with van der Waals surface area (Å²) in [6, 6.07) is -0.866. The molecule has 7 heteroatoms. The Morgan fingerprint density at radius 2 is 1.78 bits per heavy atom. The van der Waals surface area contributed by atoms with Gasteiger partial charge in [-0.05, 0) is 51.6 Å². The monoisotopic (exact) mass is 453 g/mol. The highest BCUT2D eigenvalue weighted by atomic mass is 16.5. The van der Waals surface area contributed by atoms with Gasteiger partial charge < -0.3 is 15.0 Å². The van der Waals surface area contributed by atoms with Gasteiger partial charge in [0.25, 0.3) is 0 Å². The molecule has 0 saturated carbocycles. The van der Waals surface area contributed by atoms with Gasteiger partial charge in [0.05, 0.1) is 12.6 Å². The first-order valence-corrected chi connectivity index (χ1v) is 11.9. The molecule has 0 spiro atoms. The van der Waals surface area contributed by atoms with Gasteiger partial charge in [-0.1, -0.05) is 54.0 Å². The second kappa shape index (κ2) is 14.3. The maximum Gasteiger partial charge on any atom is 0.333 e. The van der Waals surface area contributed by atoms with Crippen molar-refractivity contribution in [1.29, 1.82) is 0 Å². The van der Waals surface area contributed by atoms with E-state index in [9.17, 15) is 14.4 Å². The Hall–Kier alpha value is -1.89. The number of amides is 2. The highest BCUT2D eigenvalue weighted by Gasteiger charge is 2.37. The zero-order valence-electron chi connectivity index (χ0n) is 22.1. The van der Waals surface area contributed by atoms with Crippen molar-refractivity contribution in [3.05, 3.63) is 11.6 Å². The summed E-state index contributed by atoms with van der Waals surface area (Å²) in [6.45, 7) is 17.1. The van der Waals surface area contributed by atoms with Gasteiger partial charge in [0.15, 0.2) is 0 Å². The van der Waals surface area contributed by atoms with Gasteiger partial charge in [-0.2, -0.15) is 0 Å². The molecular weight excluding hydrogens is 406 g/mol. The fourth-order valence-corrected chi connectivity index (χ4v) is 3.37. The lowest BCUT2D eigenvalue weighted by molar-refractivity contribution is -0.140. The number of carbonyl (C=O) groups excluding carboxylic acids is 3. The fourth-order valence-electron chi connectivity index (χ4n) is 3.37. The van der Waals surface area contributed by atoms with Crippen LogP contribution in [0.1, 0.15) is 74.7 Å². The van der Waals surface area contributed by atoms with Gasteiger partial charge in [-0.25, -0.2) is 4.79 Å². The minimum atomic E-state index is -0.651. The lowest BCUT2D eigenvalue weighted by Crippen LogP contribution is -2.58. The van der Waals surface area contributed by atoms with E-state index in [4.69, 9.17) is 4.74 Å². The zero-order chi connectivity index (χ0) is 25.1. The van der Waals surface area contributed by atoms with Crippen molar-refractivity contribution >= 4 is 17.8 Å². The number of nitrogens with zero attached hydrogens (tertiary/aromatic N) is 2. The third-order valence-electron chi connectivity index (χ3n) is 5.48. The molecule has 0 aromatic carbocycles. The molecule has 0 aromatic heterocycles. The van der Waals surface area contributed by atoms with Gasteiger partial charge >= 0.3 is 5.97 Å². The van der Waals surface area contributed by atoms with E-state index in [-0.39, 0.29) is 30.4 Å². The van der Waals surface area contributed by atoms with E-state index in [1.165, 1.54) is 11.3 Å². The zero-order valence-corrected chi connectivity index (χ0v) is 22.1. The fraction of sp³-hybridized carbons (Fsp3) is 0.800.